The van der Waals surface area contributed by atoms with Gasteiger partial charge in [-0.25, -0.2) is 12.7 Å². The first kappa shape index (κ1) is 16.9. The molecule has 1 aromatic rings. The second-order valence-electron chi connectivity index (χ2n) is 5.49. The van der Waals surface area contributed by atoms with Crippen molar-refractivity contribution in [3.8, 4) is 0 Å². The number of nitrogens with one attached hydrogen (secondary N) is 1. The Morgan fingerprint density at radius 3 is 2.50 bits per heavy atom. The quantitative estimate of drug-likeness (QED) is 0.805. The van der Waals surface area contributed by atoms with Gasteiger partial charge in [0.2, 0.25) is 10.0 Å². The van der Waals surface area contributed by atoms with Crippen LogP contribution in [0.2, 0.25) is 0 Å². The number of rotatable bonds is 7. The Hall–Kier alpha value is -1.11. The highest BCUT2D eigenvalue weighted by Crippen LogP contribution is 2.23. The van der Waals surface area contributed by atoms with E-state index < -0.39 is 10.0 Å². The Labute approximate surface area is 121 Å². The van der Waals surface area contributed by atoms with Crippen LogP contribution < -0.4 is 5.32 Å². The lowest BCUT2D eigenvalue weighted by atomic mass is 9.88. The fourth-order valence-electron chi connectivity index (χ4n) is 1.59. The van der Waals surface area contributed by atoms with Gasteiger partial charge in [-0.2, -0.15) is 0 Å². The fraction of sp³-hybridized carbons (Fsp3) is 0.571. The van der Waals surface area contributed by atoms with Crippen LogP contribution >= 0.6 is 0 Å². The highest BCUT2D eigenvalue weighted by Gasteiger charge is 2.21. The summed E-state index contributed by atoms with van der Waals surface area (Å²) >= 11 is 0. The average molecular weight is 300 g/mol. The molecule has 0 saturated carbocycles. The summed E-state index contributed by atoms with van der Waals surface area (Å²) < 4.78 is 25.3. The number of sulfonamides is 1. The molecule has 0 aliphatic heterocycles. The van der Waals surface area contributed by atoms with Gasteiger partial charge in [-0.1, -0.05) is 19.9 Å². The molecule has 0 aromatic heterocycles. The van der Waals surface area contributed by atoms with Crippen LogP contribution in [0.15, 0.2) is 29.2 Å². The van der Waals surface area contributed by atoms with Gasteiger partial charge in [0.25, 0.3) is 0 Å². The third-order valence-corrected chi connectivity index (χ3v) is 5.38. The second kappa shape index (κ2) is 6.56. The third kappa shape index (κ3) is 3.94. The number of hydrogen-bond donors (Lipinski definition) is 2. The van der Waals surface area contributed by atoms with E-state index in [4.69, 9.17) is 0 Å². The standard InChI is InChI=1S/C14H24N2O3S/c1-5-14(2,11-17)10-15-12-7-6-8-13(9-12)20(18,19)16(3)4/h6-9,15,17H,5,10-11H2,1-4H3. The smallest absolute Gasteiger partial charge is 0.242 e. The van der Waals surface area contributed by atoms with Gasteiger partial charge in [-0.15, -0.1) is 0 Å². The van der Waals surface area contributed by atoms with Crippen molar-refractivity contribution in [2.75, 3.05) is 32.6 Å². The van der Waals surface area contributed by atoms with E-state index in [-0.39, 0.29) is 16.9 Å². The maximum Gasteiger partial charge on any atom is 0.242 e. The van der Waals surface area contributed by atoms with Gasteiger partial charge in [0.15, 0.2) is 0 Å². The molecule has 1 aromatic carbocycles. The van der Waals surface area contributed by atoms with Gasteiger partial charge in [0, 0.05) is 31.7 Å². The van der Waals surface area contributed by atoms with Crippen LogP contribution in [0.3, 0.4) is 0 Å². The van der Waals surface area contributed by atoms with E-state index >= 15 is 0 Å². The van der Waals surface area contributed by atoms with Gasteiger partial charge in [-0.05, 0) is 24.6 Å². The van der Waals surface area contributed by atoms with Crippen molar-refractivity contribution in [1.82, 2.24) is 4.31 Å². The van der Waals surface area contributed by atoms with Crippen LogP contribution in [0.25, 0.3) is 0 Å². The zero-order valence-corrected chi connectivity index (χ0v) is 13.4. The van der Waals surface area contributed by atoms with E-state index in [1.165, 1.54) is 18.4 Å². The molecule has 0 saturated heterocycles. The number of hydrogen-bond acceptors (Lipinski definition) is 4. The first-order chi connectivity index (χ1) is 9.25. The first-order valence-corrected chi connectivity index (χ1v) is 8.06. The average Bonchev–Trinajstić information content (AvgIpc) is 2.45. The summed E-state index contributed by atoms with van der Waals surface area (Å²) in [6, 6.07) is 6.72. The van der Waals surface area contributed by atoms with E-state index in [0.717, 1.165) is 12.1 Å². The molecule has 1 rings (SSSR count). The molecule has 114 valence electrons. The zero-order valence-electron chi connectivity index (χ0n) is 12.5. The molecule has 0 amide bonds. The first-order valence-electron chi connectivity index (χ1n) is 6.62. The molecule has 0 aliphatic rings. The van der Waals surface area contributed by atoms with E-state index in [1.54, 1.807) is 18.2 Å². The molecule has 5 nitrogen and oxygen atoms in total. The Kier molecular flexibility index (Phi) is 5.56. The highest BCUT2D eigenvalue weighted by molar-refractivity contribution is 7.89. The SMILES string of the molecule is CCC(C)(CO)CNc1cccc(S(=O)(=O)N(C)C)c1. The zero-order chi connectivity index (χ0) is 15.4. The normalized spacial score (nSPS) is 15.1. The summed E-state index contributed by atoms with van der Waals surface area (Å²) in [6.07, 6.45) is 0.839. The number of aliphatic hydroxyl groups excluding tert-OH is 1. The minimum absolute atomic E-state index is 0.0895. The molecule has 0 radical (unpaired) electrons. The summed E-state index contributed by atoms with van der Waals surface area (Å²) in [6.45, 7) is 4.68. The Bertz CT molecular complexity index is 537. The van der Waals surface area contributed by atoms with Crippen LogP contribution in [0.1, 0.15) is 20.3 Å². The number of nitrogens with zero attached hydrogens (tertiary/aromatic N) is 1. The van der Waals surface area contributed by atoms with Crippen molar-refractivity contribution in [2.45, 2.75) is 25.2 Å². The largest absolute Gasteiger partial charge is 0.396 e. The van der Waals surface area contributed by atoms with Crippen LogP contribution in [-0.4, -0.2) is 45.1 Å². The summed E-state index contributed by atoms with van der Waals surface area (Å²) in [5.41, 5.74) is 0.525. The van der Waals surface area contributed by atoms with Gasteiger partial charge in [-0.3, -0.25) is 0 Å². The Morgan fingerprint density at radius 2 is 2.00 bits per heavy atom. The van der Waals surface area contributed by atoms with E-state index in [0.29, 0.717) is 6.54 Å². The maximum atomic E-state index is 12.1. The molecule has 2 N–H and O–H groups in total. The van der Waals surface area contributed by atoms with Crippen molar-refractivity contribution < 1.29 is 13.5 Å². The molecule has 20 heavy (non-hydrogen) atoms. The molecule has 0 spiro atoms. The van der Waals surface area contributed by atoms with Crippen molar-refractivity contribution in [2.24, 2.45) is 5.41 Å². The summed E-state index contributed by atoms with van der Waals surface area (Å²) in [4.78, 5) is 0.259. The van der Waals surface area contributed by atoms with Crippen molar-refractivity contribution in [1.29, 1.82) is 0 Å². The second-order valence-corrected chi connectivity index (χ2v) is 7.64. The van der Waals surface area contributed by atoms with Crippen LogP contribution in [0, 0.1) is 5.41 Å². The van der Waals surface area contributed by atoms with Crippen LogP contribution in [0.5, 0.6) is 0 Å². The molecule has 0 aliphatic carbocycles. The molecule has 1 atom stereocenters. The van der Waals surface area contributed by atoms with E-state index in [2.05, 4.69) is 5.32 Å². The molecule has 6 heteroatoms. The minimum Gasteiger partial charge on any atom is -0.396 e. The Morgan fingerprint density at radius 1 is 1.35 bits per heavy atom. The molecular weight excluding hydrogens is 276 g/mol. The predicted octanol–water partition coefficient (Wildman–Crippen LogP) is 1.76. The highest BCUT2D eigenvalue weighted by atomic mass is 32.2. The molecule has 0 heterocycles. The van der Waals surface area contributed by atoms with Gasteiger partial charge in [0.05, 0.1) is 11.5 Å². The van der Waals surface area contributed by atoms with Gasteiger partial charge < -0.3 is 10.4 Å². The Balaban J connectivity index is 2.90. The fourth-order valence-corrected chi connectivity index (χ4v) is 2.53. The van der Waals surface area contributed by atoms with Crippen molar-refractivity contribution in [3.05, 3.63) is 24.3 Å². The molecular formula is C14H24N2O3S. The number of anilines is 1. The molecule has 1 unspecified atom stereocenters. The van der Waals surface area contributed by atoms with Crippen LogP contribution in [0.4, 0.5) is 5.69 Å². The third-order valence-electron chi connectivity index (χ3n) is 3.57. The summed E-state index contributed by atoms with van der Waals surface area (Å²) in [5.74, 6) is 0. The van der Waals surface area contributed by atoms with Crippen LogP contribution in [-0.2, 0) is 10.0 Å². The summed E-state index contributed by atoms with van der Waals surface area (Å²) in [7, 11) is -0.402. The maximum absolute atomic E-state index is 12.1. The molecule has 0 bridgehead atoms. The van der Waals surface area contributed by atoms with Crippen molar-refractivity contribution in [3.63, 3.8) is 0 Å². The summed E-state index contributed by atoms with van der Waals surface area (Å²) in [5, 5.41) is 12.6. The lowest BCUT2D eigenvalue weighted by Crippen LogP contribution is -2.29. The van der Waals surface area contributed by atoms with E-state index in [1.807, 2.05) is 19.9 Å². The topological polar surface area (TPSA) is 69.6 Å². The predicted molar refractivity (Wildman–Crippen MR) is 81.3 cm³/mol. The lowest BCUT2D eigenvalue weighted by Gasteiger charge is -2.26. The lowest BCUT2D eigenvalue weighted by molar-refractivity contribution is 0.149. The minimum atomic E-state index is -3.42. The van der Waals surface area contributed by atoms with Gasteiger partial charge in [0.1, 0.15) is 0 Å². The number of benzene rings is 1. The molecule has 0 fully saturated rings. The monoisotopic (exact) mass is 300 g/mol. The van der Waals surface area contributed by atoms with E-state index in [9.17, 15) is 13.5 Å². The number of aliphatic hydroxyl groups is 1. The van der Waals surface area contributed by atoms with Gasteiger partial charge >= 0.3 is 0 Å². The van der Waals surface area contributed by atoms with Crippen molar-refractivity contribution >= 4 is 15.7 Å².